The second kappa shape index (κ2) is 4.74. The molecule has 0 aliphatic carbocycles. The molecule has 1 aliphatic rings. The average molecular weight is 303 g/mol. The summed E-state index contributed by atoms with van der Waals surface area (Å²) in [7, 11) is 0. The highest BCUT2D eigenvalue weighted by Crippen LogP contribution is 2.28. The lowest BCUT2D eigenvalue weighted by atomic mass is 10.0. The lowest BCUT2D eigenvalue weighted by Gasteiger charge is -2.17. The number of halogens is 1. The first-order chi connectivity index (χ1) is 9.87. The summed E-state index contributed by atoms with van der Waals surface area (Å²) >= 11 is 5.85. The number of nitrogens with zero attached hydrogens (tertiary/aromatic N) is 1. The summed E-state index contributed by atoms with van der Waals surface area (Å²) in [5.74, 6) is 0.466. The van der Waals surface area contributed by atoms with Gasteiger partial charge in [0.2, 0.25) is 0 Å². The maximum Gasteiger partial charge on any atom is 0.252 e. The summed E-state index contributed by atoms with van der Waals surface area (Å²) < 4.78 is 1.61. The Morgan fingerprint density at radius 1 is 1.19 bits per heavy atom. The van der Waals surface area contributed by atoms with Gasteiger partial charge in [0.25, 0.3) is 5.56 Å². The molecule has 1 aliphatic heterocycles. The summed E-state index contributed by atoms with van der Waals surface area (Å²) in [6, 6.07) is 9.76. The number of pyridine rings is 1. The van der Waals surface area contributed by atoms with Gasteiger partial charge in [-0.05, 0) is 44.2 Å². The second-order valence-corrected chi connectivity index (χ2v) is 6.30. The van der Waals surface area contributed by atoms with E-state index in [-0.39, 0.29) is 16.9 Å². The van der Waals surface area contributed by atoms with E-state index in [4.69, 9.17) is 11.6 Å². The molecule has 1 aromatic carbocycles. The number of aromatic nitrogens is 1. The highest BCUT2D eigenvalue weighted by Gasteiger charge is 2.31. The van der Waals surface area contributed by atoms with Gasteiger partial charge in [-0.1, -0.05) is 11.6 Å². The van der Waals surface area contributed by atoms with Crippen molar-refractivity contribution in [2.24, 2.45) is 0 Å². The third-order valence-electron chi connectivity index (χ3n) is 3.54. The molecule has 0 radical (unpaired) electrons. The fourth-order valence-electron chi connectivity index (χ4n) is 2.57. The molecule has 0 fully saturated rings. The summed E-state index contributed by atoms with van der Waals surface area (Å²) in [4.78, 5) is 24.6. The number of fused-ring (bicyclic) bond motifs is 1. The molecule has 4 nitrogen and oxygen atoms in total. The van der Waals surface area contributed by atoms with E-state index >= 15 is 0 Å². The SMILES string of the molecule is CC1(C)Cn2c(c(C(=O)c3ccc(Cl)cc3)ccc2=O)N1. The molecule has 21 heavy (non-hydrogen) atoms. The Labute approximate surface area is 127 Å². The molecule has 5 heteroatoms. The zero-order valence-electron chi connectivity index (χ0n) is 11.8. The van der Waals surface area contributed by atoms with Crippen molar-refractivity contribution in [1.29, 1.82) is 0 Å². The predicted molar refractivity (Wildman–Crippen MR) is 83.3 cm³/mol. The zero-order valence-corrected chi connectivity index (χ0v) is 12.6. The van der Waals surface area contributed by atoms with Crippen molar-refractivity contribution in [1.82, 2.24) is 4.57 Å². The van der Waals surface area contributed by atoms with E-state index in [0.29, 0.717) is 28.5 Å². The van der Waals surface area contributed by atoms with E-state index in [1.165, 1.54) is 6.07 Å². The van der Waals surface area contributed by atoms with Gasteiger partial charge in [0, 0.05) is 16.7 Å². The van der Waals surface area contributed by atoms with Crippen LogP contribution in [0.25, 0.3) is 0 Å². The highest BCUT2D eigenvalue weighted by atomic mass is 35.5. The van der Waals surface area contributed by atoms with E-state index in [9.17, 15) is 9.59 Å². The topological polar surface area (TPSA) is 51.1 Å². The molecule has 1 N–H and O–H groups in total. The van der Waals surface area contributed by atoms with Crippen LogP contribution >= 0.6 is 11.6 Å². The van der Waals surface area contributed by atoms with Gasteiger partial charge in [-0.15, -0.1) is 0 Å². The van der Waals surface area contributed by atoms with Gasteiger partial charge in [-0.2, -0.15) is 0 Å². The van der Waals surface area contributed by atoms with Gasteiger partial charge < -0.3 is 5.32 Å². The molecule has 0 spiro atoms. The first-order valence-electron chi connectivity index (χ1n) is 6.70. The standard InChI is InChI=1S/C16H15ClN2O2/c1-16(2)9-19-13(20)8-7-12(15(19)18-16)14(21)10-3-5-11(17)6-4-10/h3-8,18H,9H2,1-2H3. The predicted octanol–water partition coefficient (Wildman–Crippen LogP) is 2.94. The number of hydrogen-bond acceptors (Lipinski definition) is 3. The Bertz CT molecular complexity index is 776. The maximum atomic E-state index is 12.6. The molecule has 3 rings (SSSR count). The van der Waals surface area contributed by atoms with Crippen molar-refractivity contribution in [3.8, 4) is 0 Å². The van der Waals surface area contributed by atoms with Crippen LogP contribution < -0.4 is 10.9 Å². The Balaban J connectivity index is 2.09. The molecule has 0 saturated heterocycles. The van der Waals surface area contributed by atoms with Gasteiger partial charge >= 0.3 is 0 Å². The number of anilines is 1. The first-order valence-corrected chi connectivity index (χ1v) is 7.07. The number of hydrogen-bond donors (Lipinski definition) is 1. The lowest BCUT2D eigenvalue weighted by molar-refractivity contribution is 0.103. The normalized spacial score (nSPS) is 15.4. The number of benzene rings is 1. The number of carbonyl (C=O) groups excluding carboxylic acids is 1. The van der Waals surface area contributed by atoms with E-state index in [2.05, 4.69) is 5.32 Å². The summed E-state index contributed by atoms with van der Waals surface area (Å²) in [5.41, 5.74) is 0.702. The minimum Gasteiger partial charge on any atom is -0.364 e. The van der Waals surface area contributed by atoms with Crippen LogP contribution in [-0.2, 0) is 6.54 Å². The van der Waals surface area contributed by atoms with Crippen molar-refractivity contribution in [2.75, 3.05) is 5.32 Å². The number of carbonyl (C=O) groups is 1. The Hall–Kier alpha value is -2.07. The van der Waals surface area contributed by atoms with Gasteiger partial charge in [0.15, 0.2) is 5.78 Å². The third-order valence-corrected chi connectivity index (χ3v) is 3.80. The smallest absolute Gasteiger partial charge is 0.252 e. The highest BCUT2D eigenvalue weighted by molar-refractivity contribution is 6.30. The second-order valence-electron chi connectivity index (χ2n) is 5.86. The van der Waals surface area contributed by atoms with Crippen LogP contribution in [0.4, 0.5) is 5.82 Å². The van der Waals surface area contributed by atoms with Crippen molar-refractivity contribution >= 4 is 23.2 Å². The third kappa shape index (κ3) is 2.47. The van der Waals surface area contributed by atoms with Crippen LogP contribution in [0.1, 0.15) is 29.8 Å². The quantitative estimate of drug-likeness (QED) is 0.868. The maximum absolute atomic E-state index is 12.6. The van der Waals surface area contributed by atoms with Crippen LogP contribution in [-0.4, -0.2) is 15.9 Å². The van der Waals surface area contributed by atoms with Crippen LogP contribution in [0, 0.1) is 0 Å². The lowest BCUT2D eigenvalue weighted by Crippen LogP contribution is -2.29. The largest absolute Gasteiger partial charge is 0.364 e. The average Bonchev–Trinajstić information content (AvgIpc) is 2.76. The first kappa shape index (κ1) is 13.9. The molecule has 0 atom stereocenters. The molecule has 1 aromatic heterocycles. The number of nitrogens with one attached hydrogen (secondary N) is 1. The Morgan fingerprint density at radius 2 is 1.86 bits per heavy atom. The van der Waals surface area contributed by atoms with Crippen molar-refractivity contribution in [3.63, 3.8) is 0 Å². The fraction of sp³-hybridized carbons (Fsp3) is 0.250. The van der Waals surface area contributed by atoms with Crippen LogP contribution in [0.2, 0.25) is 5.02 Å². The molecule has 0 amide bonds. The molecular formula is C16H15ClN2O2. The van der Waals surface area contributed by atoms with Crippen LogP contribution in [0.5, 0.6) is 0 Å². The van der Waals surface area contributed by atoms with Gasteiger partial charge in [-0.3, -0.25) is 14.2 Å². The fourth-order valence-corrected chi connectivity index (χ4v) is 2.69. The van der Waals surface area contributed by atoms with E-state index in [0.717, 1.165) is 0 Å². The molecular weight excluding hydrogens is 288 g/mol. The summed E-state index contributed by atoms with van der Waals surface area (Å²) in [5, 5.41) is 3.84. The van der Waals surface area contributed by atoms with Gasteiger partial charge in [0.05, 0.1) is 17.6 Å². The monoisotopic (exact) mass is 302 g/mol. The number of rotatable bonds is 2. The van der Waals surface area contributed by atoms with Crippen molar-refractivity contribution < 1.29 is 4.79 Å². The van der Waals surface area contributed by atoms with E-state index in [1.807, 2.05) is 13.8 Å². The summed E-state index contributed by atoms with van der Waals surface area (Å²) in [6.45, 7) is 4.54. The van der Waals surface area contributed by atoms with Crippen molar-refractivity contribution in [2.45, 2.75) is 25.9 Å². The van der Waals surface area contributed by atoms with Gasteiger partial charge in [0.1, 0.15) is 5.82 Å². The zero-order chi connectivity index (χ0) is 15.2. The molecule has 2 aromatic rings. The van der Waals surface area contributed by atoms with Gasteiger partial charge in [-0.25, -0.2) is 0 Å². The molecule has 0 unspecified atom stereocenters. The van der Waals surface area contributed by atoms with Crippen LogP contribution in [0.15, 0.2) is 41.2 Å². The molecule has 108 valence electrons. The van der Waals surface area contributed by atoms with Crippen LogP contribution in [0.3, 0.4) is 0 Å². The minimum absolute atomic E-state index is 0.101. The number of ketones is 1. The Morgan fingerprint density at radius 3 is 2.52 bits per heavy atom. The van der Waals surface area contributed by atoms with E-state index < -0.39 is 0 Å². The molecule has 2 heterocycles. The minimum atomic E-state index is -0.247. The Kier molecular flexibility index (Phi) is 3.14. The van der Waals surface area contributed by atoms with Crippen molar-refractivity contribution in [3.05, 3.63) is 62.9 Å². The molecule has 0 saturated carbocycles. The molecule has 0 bridgehead atoms. The summed E-state index contributed by atoms with van der Waals surface area (Å²) in [6.07, 6.45) is 0. The van der Waals surface area contributed by atoms with E-state index in [1.54, 1.807) is 34.9 Å².